The Morgan fingerprint density at radius 1 is 1.38 bits per heavy atom. The smallest absolute Gasteiger partial charge is 0.383 e. The molecule has 0 saturated heterocycles. The molecule has 0 radical (unpaired) electrons. The standard InChI is InChI=1S/C14H13F3N4O2S/c1-7(24-13-20-10(18)6-11(22)21-13)12(23)19-9-5-3-2-4-8(9)14(15,16)17/h2-7H,1H3,(H,19,23)(H3,18,20,21,22)/t7-/m1/s1. The summed E-state index contributed by atoms with van der Waals surface area (Å²) in [4.78, 5) is 29.6. The normalized spacial score (nSPS) is 12.7. The molecule has 1 heterocycles. The zero-order chi connectivity index (χ0) is 17.9. The number of anilines is 2. The summed E-state index contributed by atoms with van der Waals surface area (Å²) < 4.78 is 38.7. The number of nitrogens with one attached hydrogen (secondary N) is 2. The summed E-state index contributed by atoms with van der Waals surface area (Å²) >= 11 is 0.873. The number of alkyl halides is 3. The molecule has 0 unspecified atom stereocenters. The summed E-state index contributed by atoms with van der Waals surface area (Å²) in [7, 11) is 0. The van der Waals surface area contributed by atoms with Gasteiger partial charge in [0, 0.05) is 6.07 Å². The molecule has 0 aliphatic carbocycles. The molecule has 0 saturated carbocycles. The van der Waals surface area contributed by atoms with E-state index in [9.17, 15) is 22.8 Å². The van der Waals surface area contributed by atoms with Gasteiger partial charge in [-0.1, -0.05) is 23.9 Å². The molecule has 0 bridgehead atoms. The van der Waals surface area contributed by atoms with E-state index < -0.39 is 28.5 Å². The van der Waals surface area contributed by atoms with Gasteiger partial charge >= 0.3 is 6.18 Å². The van der Waals surface area contributed by atoms with Gasteiger partial charge in [0.25, 0.3) is 5.56 Å². The van der Waals surface area contributed by atoms with Crippen LogP contribution in [0.4, 0.5) is 24.7 Å². The number of nitrogen functional groups attached to an aromatic ring is 1. The Morgan fingerprint density at radius 2 is 2.04 bits per heavy atom. The van der Waals surface area contributed by atoms with Crippen LogP contribution in [0.15, 0.2) is 40.3 Å². The molecule has 0 aliphatic heterocycles. The fourth-order valence-electron chi connectivity index (χ4n) is 1.80. The Hall–Kier alpha value is -2.49. The molecule has 1 atom stereocenters. The second kappa shape index (κ2) is 6.95. The number of carbonyl (C=O) groups is 1. The van der Waals surface area contributed by atoms with Gasteiger partial charge < -0.3 is 16.0 Å². The van der Waals surface area contributed by atoms with Crippen LogP contribution in [0.5, 0.6) is 0 Å². The number of aromatic amines is 1. The van der Waals surface area contributed by atoms with Crippen molar-refractivity contribution < 1.29 is 18.0 Å². The summed E-state index contributed by atoms with van der Waals surface area (Å²) in [6, 6.07) is 5.75. The molecule has 2 aromatic rings. The van der Waals surface area contributed by atoms with Gasteiger partial charge in [-0.3, -0.25) is 9.59 Å². The zero-order valence-electron chi connectivity index (χ0n) is 12.3. The molecule has 0 aliphatic rings. The van der Waals surface area contributed by atoms with Gasteiger partial charge in [0.2, 0.25) is 5.91 Å². The third kappa shape index (κ3) is 4.51. The Morgan fingerprint density at radius 3 is 2.67 bits per heavy atom. The first kappa shape index (κ1) is 17.9. The van der Waals surface area contributed by atoms with E-state index in [1.165, 1.54) is 25.1 Å². The topological polar surface area (TPSA) is 101 Å². The maximum atomic E-state index is 12.9. The van der Waals surface area contributed by atoms with E-state index in [1.807, 2.05) is 0 Å². The van der Waals surface area contributed by atoms with Gasteiger partial charge in [0.1, 0.15) is 5.82 Å². The van der Waals surface area contributed by atoms with E-state index in [2.05, 4.69) is 15.3 Å². The van der Waals surface area contributed by atoms with E-state index in [0.717, 1.165) is 23.9 Å². The summed E-state index contributed by atoms with van der Waals surface area (Å²) in [5.41, 5.74) is 3.67. The molecule has 0 fully saturated rings. The van der Waals surface area contributed by atoms with Crippen molar-refractivity contribution in [3.8, 4) is 0 Å². The van der Waals surface area contributed by atoms with Crippen molar-refractivity contribution in [1.29, 1.82) is 0 Å². The lowest BCUT2D eigenvalue weighted by molar-refractivity contribution is -0.137. The van der Waals surface area contributed by atoms with Gasteiger partial charge in [0.15, 0.2) is 5.16 Å². The molecule has 2 rings (SSSR count). The number of nitrogens with zero attached hydrogens (tertiary/aromatic N) is 1. The number of amides is 1. The number of aromatic nitrogens is 2. The highest BCUT2D eigenvalue weighted by Crippen LogP contribution is 2.34. The zero-order valence-corrected chi connectivity index (χ0v) is 13.2. The van der Waals surface area contributed by atoms with Crippen molar-refractivity contribution in [1.82, 2.24) is 9.97 Å². The number of halogens is 3. The highest BCUT2D eigenvalue weighted by atomic mass is 32.2. The molecular weight excluding hydrogens is 345 g/mol. The number of H-pyrrole nitrogens is 1. The fourth-order valence-corrected chi connectivity index (χ4v) is 2.62. The van der Waals surface area contributed by atoms with Crippen molar-refractivity contribution in [3.05, 3.63) is 46.2 Å². The average molecular weight is 358 g/mol. The minimum atomic E-state index is -4.58. The summed E-state index contributed by atoms with van der Waals surface area (Å²) in [5.74, 6) is -0.682. The lowest BCUT2D eigenvalue weighted by atomic mass is 10.1. The molecule has 1 aromatic heterocycles. The van der Waals surface area contributed by atoms with Crippen molar-refractivity contribution in [2.75, 3.05) is 11.1 Å². The number of benzene rings is 1. The van der Waals surface area contributed by atoms with Crippen molar-refractivity contribution >= 4 is 29.2 Å². The van der Waals surface area contributed by atoms with E-state index in [4.69, 9.17) is 5.73 Å². The van der Waals surface area contributed by atoms with E-state index in [0.29, 0.717) is 0 Å². The molecule has 10 heteroatoms. The minimum absolute atomic E-state index is 0.0173. The molecule has 128 valence electrons. The number of nitrogens with two attached hydrogens (primary N) is 1. The number of thioether (sulfide) groups is 1. The monoisotopic (exact) mass is 358 g/mol. The molecule has 1 aromatic carbocycles. The summed E-state index contributed by atoms with van der Waals surface area (Å²) in [6.07, 6.45) is -4.58. The Balaban J connectivity index is 2.14. The molecule has 4 N–H and O–H groups in total. The van der Waals surface area contributed by atoms with Crippen LogP contribution < -0.4 is 16.6 Å². The predicted molar refractivity (Wildman–Crippen MR) is 84.7 cm³/mol. The van der Waals surface area contributed by atoms with E-state index in [-0.39, 0.29) is 16.7 Å². The molecule has 1 amide bonds. The average Bonchev–Trinajstić information content (AvgIpc) is 2.45. The number of para-hydroxylation sites is 1. The minimum Gasteiger partial charge on any atom is -0.383 e. The first-order chi connectivity index (χ1) is 11.2. The van der Waals surface area contributed by atoms with Gasteiger partial charge in [-0.05, 0) is 19.1 Å². The van der Waals surface area contributed by atoms with Crippen LogP contribution in [0, 0.1) is 0 Å². The van der Waals surface area contributed by atoms with Gasteiger partial charge in [-0.15, -0.1) is 0 Å². The molecule has 6 nitrogen and oxygen atoms in total. The van der Waals surface area contributed by atoms with Crippen LogP contribution >= 0.6 is 11.8 Å². The van der Waals surface area contributed by atoms with E-state index in [1.54, 1.807) is 0 Å². The first-order valence-corrected chi connectivity index (χ1v) is 7.55. The van der Waals surface area contributed by atoms with Crippen LogP contribution in [0.1, 0.15) is 12.5 Å². The first-order valence-electron chi connectivity index (χ1n) is 6.67. The third-order valence-electron chi connectivity index (χ3n) is 2.89. The third-order valence-corrected chi connectivity index (χ3v) is 3.87. The highest BCUT2D eigenvalue weighted by molar-refractivity contribution is 8.00. The van der Waals surface area contributed by atoms with Crippen LogP contribution in [-0.4, -0.2) is 21.1 Å². The van der Waals surface area contributed by atoms with Gasteiger partial charge in [0.05, 0.1) is 16.5 Å². The Kier molecular flexibility index (Phi) is 5.17. The Bertz CT molecular complexity index is 807. The maximum absolute atomic E-state index is 12.9. The van der Waals surface area contributed by atoms with Crippen molar-refractivity contribution in [3.63, 3.8) is 0 Å². The second-order valence-electron chi connectivity index (χ2n) is 4.77. The predicted octanol–water partition coefficient (Wildman–Crippen LogP) is 2.49. The van der Waals surface area contributed by atoms with Crippen LogP contribution in [0.25, 0.3) is 0 Å². The quantitative estimate of drug-likeness (QED) is 0.576. The SMILES string of the molecule is C[C@@H](Sc1nc(N)cc(=O)[nH]1)C(=O)Nc1ccccc1C(F)(F)F. The lowest BCUT2D eigenvalue weighted by Crippen LogP contribution is -2.25. The molecule has 24 heavy (non-hydrogen) atoms. The van der Waals surface area contributed by atoms with Gasteiger partial charge in [-0.25, -0.2) is 4.98 Å². The molecular formula is C14H13F3N4O2S. The maximum Gasteiger partial charge on any atom is 0.418 e. The fraction of sp³-hybridized carbons (Fsp3) is 0.214. The molecule has 0 spiro atoms. The Labute approximate surface area is 138 Å². The lowest BCUT2D eigenvalue weighted by Gasteiger charge is -2.15. The number of carbonyl (C=O) groups excluding carboxylic acids is 1. The summed E-state index contributed by atoms with van der Waals surface area (Å²) in [5, 5.41) is 1.53. The van der Waals surface area contributed by atoms with Crippen molar-refractivity contribution in [2.24, 2.45) is 0 Å². The van der Waals surface area contributed by atoms with Crippen molar-refractivity contribution in [2.45, 2.75) is 23.5 Å². The summed E-state index contributed by atoms with van der Waals surface area (Å²) in [6.45, 7) is 1.47. The number of rotatable bonds is 4. The second-order valence-corrected chi connectivity index (χ2v) is 6.10. The highest BCUT2D eigenvalue weighted by Gasteiger charge is 2.33. The number of hydrogen-bond acceptors (Lipinski definition) is 5. The van der Waals surface area contributed by atoms with Crippen LogP contribution in [0.2, 0.25) is 0 Å². The number of hydrogen-bond donors (Lipinski definition) is 3. The van der Waals surface area contributed by atoms with Crippen LogP contribution in [0.3, 0.4) is 0 Å². The van der Waals surface area contributed by atoms with Gasteiger partial charge in [-0.2, -0.15) is 13.2 Å². The largest absolute Gasteiger partial charge is 0.418 e. The van der Waals surface area contributed by atoms with E-state index >= 15 is 0 Å². The van der Waals surface area contributed by atoms with Crippen LogP contribution in [-0.2, 0) is 11.0 Å².